The zero-order valence-corrected chi connectivity index (χ0v) is 15.0. The Hall–Kier alpha value is -1.75. The lowest BCUT2D eigenvalue weighted by molar-refractivity contribution is -0.671. The molecule has 0 amide bonds. The summed E-state index contributed by atoms with van der Waals surface area (Å²) >= 11 is 0. The predicted octanol–water partition coefficient (Wildman–Crippen LogP) is 0.490. The van der Waals surface area contributed by atoms with Gasteiger partial charge in [-0.15, -0.1) is 0 Å². The summed E-state index contributed by atoms with van der Waals surface area (Å²) in [7, 11) is -6.19. The minimum atomic E-state index is -4.27. The SMILES string of the molecule is C[n+]1ccn(CCCS(=O)(=O)O)c1.Cc1ccc(S(=O)(=O)[O-])cc1. The zero-order chi connectivity index (χ0) is 18.4. The molecule has 1 heterocycles. The molecule has 0 aliphatic carbocycles. The maximum Gasteiger partial charge on any atom is 0.265 e. The fourth-order valence-electron chi connectivity index (χ4n) is 1.77. The number of hydrogen-bond donors (Lipinski definition) is 1. The van der Waals surface area contributed by atoms with Gasteiger partial charge >= 0.3 is 0 Å². The van der Waals surface area contributed by atoms with Crippen LogP contribution in [0.25, 0.3) is 0 Å². The highest BCUT2D eigenvalue weighted by atomic mass is 32.2. The number of nitrogens with zero attached hydrogens (tertiary/aromatic N) is 2. The van der Waals surface area contributed by atoms with Crippen molar-refractivity contribution in [3.63, 3.8) is 0 Å². The molecule has 2 aromatic rings. The number of rotatable bonds is 5. The lowest BCUT2D eigenvalue weighted by Gasteiger charge is -2.05. The average Bonchev–Trinajstić information content (AvgIpc) is 2.83. The van der Waals surface area contributed by atoms with Crippen LogP contribution in [0.1, 0.15) is 12.0 Å². The lowest BCUT2D eigenvalue weighted by Crippen LogP contribution is -2.23. The summed E-state index contributed by atoms with van der Waals surface area (Å²) in [5.74, 6) is -0.186. The van der Waals surface area contributed by atoms with Crippen LogP contribution in [0.5, 0.6) is 0 Å². The van der Waals surface area contributed by atoms with Gasteiger partial charge in [0.2, 0.25) is 6.33 Å². The van der Waals surface area contributed by atoms with E-state index in [1.807, 2.05) is 41.8 Å². The third-order valence-electron chi connectivity index (χ3n) is 2.95. The third-order valence-corrected chi connectivity index (χ3v) is 4.61. The normalized spacial score (nSPS) is 11.7. The molecule has 24 heavy (non-hydrogen) atoms. The third kappa shape index (κ3) is 8.20. The first-order valence-electron chi connectivity index (χ1n) is 6.96. The van der Waals surface area contributed by atoms with Crippen molar-refractivity contribution in [1.82, 2.24) is 4.57 Å². The number of hydrogen-bond acceptors (Lipinski definition) is 5. The highest BCUT2D eigenvalue weighted by Crippen LogP contribution is 2.08. The molecule has 1 aromatic heterocycles. The molecular formula is C14H20N2O6S2. The number of aryl methyl sites for hydroxylation is 3. The van der Waals surface area contributed by atoms with E-state index in [-0.39, 0.29) is 10.6 Å². The van der Waals surface area contributed by atoms with Gasteiger partial charge in [-0.25, -0.2) is 17.6 Å². The van der Waals surface area contributed by atoms with Crippen molar-refractivity contribution >= 4 is 20.2 Å². The first-order chi connectivity index (χ1) is 11.0. The fourth-order valence-corrected chi connectivity index (χ4v) is 2.73. The van der Waals surface area contributed by atoms with E-state index in [0.717, 1.165) is 5.56 Å². The molecule has 0 saturated carbocycles. The molecule has 0 bridgehead atoms. The molecule has 0 saturated heterocycles. The maximum absolute atomic E-state index is 10.4. The summed E-state index contributed by atoms with van der Waals surface area (Å²) in [5.41, 5.74) is 0.928. The topological polar surface area (TPSA) is 120 Å². The van der Waals surface area contributed by atoms with Gasteiger partial charge in [-0.1, -0.05) is 17.7 Å². The Morgan fingerprint density at radius 1 is 1.17 bits per heavy atom. The van der Waals surface area contributed by atoms with Gasteiger partial charge in [-0.05, 0) is 19.1 Å². The van der Waals surface area contributed by atoms with Crippen LogP contribution in [-0.2, 0) is 33.8 Å². The summed E-state index contributed by atoms with van der Waals surface area (Å²) in [6, 6.07) is 5.78. The fraction of sp³-hybridized carbons (Fsp3) is 0.357. The van der Waals surface area contributed by atoms with Gasteiger partial charge in [0.1, 0.15) is 22.5 Å². The van der Waals surface area contributed by atoms with E-state index in [4.69, 9.17) is 4.55 Å². The number of benzene rings is 1. The molecule has 0 aliphatic rings. The van der Waals surface area contributed by atoms with E-state index < -0.39 is 20.2 Å². The molecule has 0 unspecified atom stereocenters. The van der Waals surface area contributed by atoms with Crippen molar-refractivity contribution in [3.05, 3.63) is 48.5 Å². The van der Waals surface area contributed by atoms with E-state index in [0.29, 0.717) is 13.0 Å². The van der Waals surface area contributed by atoms with Crippen molar-refractivity contribution < 1.29 is 30.5 Å². The molecular weight excluding hydrogens is 356 g/mol. The van der Waals surface area contributed by atoms with Crippen molar-refractivity contribution in [2.24, 2.45) is 7.05 Å². The van der Waals surface area contributed by atoms with Crippen LogP contribution in [0.3, 0.4) is 0 Å². The largest absolute Gasteiger partial charge is 0.744 e. The Morgan fingerprint density at radius 3 is 2.17 bits per heavy atom. The second-order valence-corrected chi connectivity index (χ2v) is 8.18. The summed E-state index contributed by atoms with van der Waals surface area (Å²) in [6.07, 6.45) is 5.99. The quantitative estimate of drug-likeness (QED) is 0.599. The van der Waals surface area contributed by atoms with Crippen LogP contribution >= 0.6 is 0 Å². The molecule has 8 nitrogen and oxygen atoms in total. The molecule has 10 heteroatoms. The van der Waals surface area contributed by atoms with Crippen LogP contribution in [-0.4, -0.2) is 36.3 Å². The van der Waals surface area contributed by atoms with Crippen molar-refractivity contribution in [1.29, 1.82) is 0 Å². The Kier molecular flexibility index (Phi) is 7.08. The first kappa shape index (κ1) is 20.3. The number of aromatic nitrogens is 2. The predicted molar refractivity (Wildman–Crippen MR) is 85.8 cm³/mol. The lowest BCUT2D eigenvalue weighted by atomic mass is 10.2. The van der Waals surface area contributed by atoms with E-state index in [1.165, 1.54) is 12.1 Å². The van der Waals surface area contributed by atoms with E-state index >= 15 is 0 Å². The summed E-state index contributed by atoms with van der Waals surface area (Å²) in [6.45, 7) is 2.42. The molecule has 0 fully saturated rings. The van der Waals surface area contributed by atoms with Crippen LogP contribution in [0.2, 0.25) is 0 Å². The van der Waals surface area contributed by atoms with Gasteiger partial charge in [-0.3, -0.25) is 4.55 Å². The van der Waals surface area contributed by atoms with Crippen molar-refractivity contribution in [2.45, 2.75) is 24.8 Å². The van der Waals surface area contributed by atoms with E-state index in [9.17, 15) is 21.4 Å². The second-order valence-electron chi connectivity index (χ2n) is 5.22. The molecule has 0 aliphatic heterocycles. The Morgan fingerprint density at radius 2 is 1.75 bits per heavy atom. The van der Waals surface area contributed by atoms with Gasteiger partial charge in [-0.2, -0.15) is 8.42 Å². The van der Waals surface area contributed by atoms with Crippen LogP contribution in [0.4, 0.5) is 0 Å². The molecule has 1 N–H and O–H groups in total. The summed E-state index contributed by atoms with van der Waals surface area (Å²) < 4.78 is 64.1. The average molecular weight is 376 g/mol. The smallest absolute Gasteiger partial charge is 0.265 e. The number of imidazole rings is 1. The van der Waals surface area contributed by atoms with Crippen LogP contribution < -0.4 is 4.57 Å². The highest BCUT2D eigenvalue weighted by molar-refractivity contribution is 7.86. The Balaban J connectivity index is 0.000000243. The molecule has 134 valence electrons. The van der Waals surface area contributed by atoms with Gasteiger partial charge in [0, 0.05) is 6.42 Å². The molecule has 1 aromatic carbocycles. The molecule has 0 spiro atoms. The van der Waals surface area contributed by atoms with Crippen molar-refractivity contribution in [2.75, 3.05) is 5.75 Å². The van der Waals surface area contributed by atoms with Gasteiger partial charge in [0.05, 0.1) is 24.2 Å². The van der Waals surface area contributed by atoms with E-state index in [1.54, 1.807) is 12.1 Å². The monoisotopic (exact) mass is 376 g/mol. The Bertz CT molecular complexity index is 855. The van der Waals surface area contributed by atoms with E-state index in [2.05, 4.69) is 0 Å². The minimum Gasteiger partial charge on any atom is -0.744 e. The molecule has 2 rings (SSSR count). The second kappa shape index (κ2) is 8.38. The van der Waals surface area contributed by atoms with Gasteiger partial charge in [0.15, 0.2) is 0 Å². The standard InChI is InChI=1S/C7H12N2O3S.C7H8O3S/c1-8-4-5-9(7-8)3-2-6-13(10,11)12;1-6-2-4-7(5-3-6)11(8,9)10/h4-5,7H,2-3,6H2,1H3;2-5H,1H3,(H,8,9,10). The summed E-state index contributed by atoms with van der Waals surface area (Å²) in [5, 5.41) is 0. The van der Waals surface area contributed by atoms with Crippen molar-refractivity contribution in [3.8, 4) is 0 Å². The first-order valence-corrected chi connectivity index (χ1v) is 9.98. The Labute approximate surface area is 141 Å². The van der Waals surface area contributed by atoms with Gasteiger partial charge < -0.3 is 4.55 Å². The zero-order valence-electron chi connectivity index (χ0n) is 13.4. The van der Waals surface area contributed by atoms with Gasteiger partial charge in [0.25, 0.3) is 10.1 Å². The summed E-state index contributed by atoms with van der Waals surface area (Å²) in [4.78, 5) is -0.178. The maximum atomic E-state index is 10.4. The minimum absolute atomic E-state index is 0.178. The molecule has 0 radical (unpaired) electrons. The highest BCUT2D eigenvalue weighted by Gasteiger charge is 2.06. The van der Waals surface area contributed by atoms with Crippen LogP contribution in [0, 0.1) is 6.92 Å². The van der Waals surface area contributed by atoms with Crippen LogP contribution in [0.15, 0.2) is 47.9 Å². The molecule has 0 atom stereocenters.